The first-order valence-corrected chi connectivity index (χ1v) is 13.5. The summed E-state index contributed by atoms with van der Waals surface area (Å²) >= 11 is 12.5. The number of piperidine rings is 1. The van der Waals surface area contributed by atoms with E-state index in [9.17, 15) is 9.90 Å². The lowest BCUT2D eigenvalue weighted by molar-refractivity contribution is -0.120. The maximum absolute atomic E-state index is 13.4. The van der Waals surface area contributed by atoms with E-state index >= 15 is 0 Å². The van der Waals surface area contributed by atoms with Crippen LogP contribution >= 0.6 is 23.2 Å². The molecule has 0 spiro atoms. The van der Waals surface area contributed by atoms with Crippen molar-refractivity contribution in [1.82, 2.24) is 10.2 Å². The van der Waals surface area contributed by atoms with Gasteiger partial charge in [0.2, 0.25) is 0 Å². The Hall–Kier alpha value is -2.41. The fourth-order valence-corrected chi connectivity index (χ4v) is 5.34. The number of aliphatic hydroxyl groups is 1. The van der Waals surface area contributed by atoms with Gasteiger partial charge in [0.25, 0.3) is 0 Å². The number of para-hydroxylation sites is 1. The number of carbonyl (C=O) groups is 1. The summed E-state index contributed by atoms with van der Waals surface area (Å²) in [5.41, 5.74) is 2.05. The summed E-state index contributed by atoms with van der Waals surface area (Å²) in [7, 11) is 1.64. The molecule has 1 fully saturated rings. The van der Waals surface area contributed by atoms with Gasteiger partial charge in [0.05, 0.1) is 29.3 Å². The average Bonchev–Trinajstić information content (AvgIpc) is 2.92. The van der Waals surface area contributed by atoms with Crippen molar-refractivity contribution in [2.45, 2.75) is 37.3 Å². The maximum Gasteiger partial charge on any atom is 0.154 e. The number of benzene rings is 3. The SMILES string of the molecule is COc1ccccc1CNCC(=O)C(CCN1CCC(O)(c2ccccc2)CC1)c1ccc(Cl)c(Cl)c1. The molecule has 1 heterocycles. The number of likely N-dealkylation sites (tertiary alicyclic amines) is 1. The molecule has 3 aromatic carbocycles. The van der Waals surface area contributed by atoms with E-state index in [0.717, 1.165) is 42.1 Å². The first-order chi connectivity index (χ1) is 17.9. The van der Waals surface area contributed by atoms with Crippen LogP contribution in [0.15, 0.2) is 72.8 Å². The largest absolute Gasteiger partial charge is 0.496 e. The first-order valence-electron chi connectivity index (χ1n) is 12.7. The Morgan fingerprint density at radius 1 is 1.03 bits per heavy atom. The highest BCUT2D eigenvalue weighted by Crippen LogP contribution is 2.34. The predicted molar refractivity (Wildman–Crippen MR) is 150 cm³/mol. The highest BCUT2D eigenvalue weighted by atomic mass is 35.5. The normalized spacial score (nSPS) is 16.3. The Balaban J connectivity index is 1.38. The van der Waals surface area contributed by atoms with Gasteiger partial charge in [-0.1, -0.05) is 77.8 Å². The van der Waals surface area contributed by atoms with Crippen LogP contribution in [0.5, 0.6) is 5.75 Å². The minimum absolute atomic E-state index is 0.103. The molecule has 0 amide bonds. The fourth-order valence-electron chi connectivity index (χ4n) is 5.03. The van der Waals surface area contributed by atoms with Crippen LogP contribution in [0.25, 0.3) is 0 Å². The van der Waals surface area contributed by atoms with Crippen LogP contribution in [0.4, 0.5) is 0 Å². The summed E-state index contributed by atoms with van der Waals surface area (Å²) in [5.74, 6) is 0.588. The number of ether oxygens (including phenoxy) is 1. The topological polar surface area (TPSA) is 61.8 Å². The average molecular weight is 542 g/mol. The zero-order valence-corrected chi connectivity index (χ0v) is 22.6. The maximum atomic E-state index is 13.4. The van der Waals surface area contributed by atoms with Crippen LogP contribution in [0.2, 0.25) is 10.0 Å². The molecule has 1 aliphatic heterocycles. The smallest absolute Gasteiger partial charge is 0.154 e. The van der Waals surface area contributed by atoms with Gasteiger partial charge in [-0.2, -0.15) is 0 Å². The summed E-state index contributed by atoms with van der Waals surface area (Å²) in [6.07, 6.45) is 2.00. The van der Waals surface area contributed by atoms with Gasteiger partial charge >= 0.3 is 0 Å². The van der Waals surface area contributed by atoms with Crippen molar-refractivity contribution in [3.63, 3.8) is 0 Å². The van der Waals surface area contributed by atoms with Gasteiger partial charge < -0.3 is 20.1 Å². The van der Waals surface area contributed by atoms with Crippen molar-refractivity contribution < 1.29 is 14.6 Å². The third-order valence-corrected chi connectivity index (χ3v) is 8.01. The molecule has 0 radical (unpaired) electrons. The highest BCUT2D eigenvalue weighted by molar-refractivity contribution is 6.42. The Bertz CT molecular complexity index is 1180. The molecular weight excluding hydrogens is 507 g/mol. The number of hydrogen-bond donors (Lipinski definition) is 2. The molecule has 0 aromatic heterocycles. The zero-order chi connectivity index (χ0) is 26.3. The molecule has 3 aromatic rings. The van der Waals surface area contributed by atoms with Crippen molar-refractivity contribution in [1.29, 1.82) is 0 Å². The van der Waals surface area contributed by atoms with E-state index in [-0.39, 0.29) is 18.2 Å². The quantitative estimate of drug-likeness (QED) is 0.321. The number of Topliss-reactive ketones (excluding diaryl/α,β-unsaturated/α-hetero) is 1. The van der Waals surface area contributed by atoms with Crippen LogP contribution in [0, 0.1) is 0 Å². The Labute approximate surface area is 229 Å². The molecule has 2 N–H and O–H groups in total. The van der Waals surface area contributed by atoms with Crippen LogP contribution in [0.3, 0.4) is 0 Å². The number of nitrogens with zero attached hydrogens (tertiary/aromatic N) is 1. The van der Waals surface area contributed by atoms with Gasteiger partial charge in [-0.05, 0) is 55.1 Å². The fraction of sp³-hybridized carbons (Fsp3) is 0.367. The molecule has 1 atom stereocenters. The summed E-state index contributed by atoms with van der Waals surface area (Å²) in [4.78, 5) is 15.7. The van der Waals surface area contributed by atoms with E-state index in [1.807, 2.05) is 60.7 Å². The molecule has 0 aliphatic carbocycles. The van der Waals surface area contributed by atoms with Gasteiger partial charge in [-0.3, -0.25) is 4.79 Å². The van der Waals surface area contributed by atoms with Crippen molar-refractivity contribution in [3.05, 3.63) is 99.5 Å². The summed E-state index contributed by atoms with van der Waals surface area (Å²) in [5, 5.41) is 15.4. The molecule has 0 saturated carbocycles. The van der Waals surface area contributed by atoms with Crippen LogP contribution in [-0.4, -0.2) is 49.1 Å². The van der Waals surface area contributed by atoms with Gasteiger partial charge in [0.15, 0.2) is 5.78 Å². The number of ketones is 1. The molecule has 5 nitrogen and oxygen atoms in total. The van der Waals surface area contributed by atoms with E-state index in [1.54, 1.807) is 19.2 Å². The zero-order valence-electron chi connectivity index (χ0n) is 21.1. The lowest BCUT2D eigenvalue weighted by atomic mass is 9.84. The van der Waals surface area contributed by atoms with E-state index in [2.05, 4.69) is 10.2 Å². The number of carbonyl (C=O) groups excluding carboxylic acids is 1. The first kappa shape index (κ1) is 27.6. The summed E-state index contributed by atoms with van der Waals surface area (Å²) in [6, 6.07) is 23.1. The van der Waals surface area contributed by atoms with Crippen molar-refractivity contribution >= 4 is 29.0 Å². The molecule has 196 valence electrons. The van der Waals surface area contributed by atoms with Crippen molar-refractivity contribution in [2.75, 3.05) is 33.3 Å². The van der Waals surface area contributed by atoms with E-state index < -0.39 is 5.60 Å². The third-order valence-electron chi connectivity index (χ3n) is 7.27. The second-order valence-electron chi connectivity index (χ2n) is 9.64. The van der Waals surface area contributed by atoms with Crippen molar-refractivity contribution in [2.24, 2.45) is 0 Å². The van der Waals surface area contributed by atoms with Gasteiger partial charge in [0.1, 0.15) is 5.75 Å². The van der Waals surface area contributed by atoms with E-state index in [0.29, 0.717) is 35.9 Å². The monoisotopic (exact) mass is 540 g/mol. The Morgan fingerprint density at radius 2 is 1.73 bits per heavy atom. The lowest BCUT2D eigenvalue weighted by Gasteiger charge is -2.39. The molecule has 0 bridgehead atoms. The summed E-state index contributed by atoms with van der Waals surface area (Å²) < 4.78 is 5.42. The molecule has 4 rings (SSSR count). The second kappa shape index (κ2) is 12.9. The standard InChI is InChI=1S/C30H34Cl2N2O3/c1-37-29-10-6-5-7-23(29)20-33-21-28(35)25(22-11-12-26(31)27(32)19-22)13-16-34-17-14-30(36,15-18-34)24-8-3-2-4-9-24/h2-12,19,25,33,36H,13-18,20-21H2,1H3. The molecule has 1 unspecified atom stereocenters. The minimum atomic E-state index is -0.793. The number of halogens is 2. The number of hydrogen-bond acceptors (Lipinski definition) is 5. The second-order valence-corrected chi connectivity index (χ2v) is 10.5. The van der Waals surface area contributed by atoms with Crippen LogP contribution < -0.4 is 10.1 Å². The Kier molecular flexibility index (Phi) is 9.63. The predicted octanol–water partition coefficient (Wildman–Crippen LogP) is 5.82. The molecule has 1 saturated heterocycles. The molecule has 7 heteroatoms. The third kappa shape index (κ3) is 7.13. The van der Waals surface area contributed by atoms with Gasteiger partial charge in [-0.25, -0.2) is 0 Å². The molecular formula is C30H34Cl2N2O3. The minimum Gasteiger partial charge on any atom is -0.496 e. The summed E-state index contributed by atoms with van der Waals surface area (Å²) in [6.45, 7) is 3.08. The molecule has 37 heavy (non-hydrogen) atoms. The molecule has 1 aliphatic rings. The van der Waals surface area contributed by atoms with Gasteiger partial charge in [-0.15, -0.1) is 0 Å². The van der Waals surface area contributed by atoms with E-state index in [4.69, 9.17) is 27.9 Å². The highest BCUT2D eigenvalue weighted by Gasteiger charge is 2.34. The lowest BCUT2D eigenvalue weighted by Crippen LogP contribution is -2.43. The number of nitrogens with one attached hydrogen (secondary N) is 1. The number of methoxy groups -OCH3 is 1. The van der Waals surface area contributed by atoms with Crippen LogP contribution in [-0.2, 0) is 16.9 Å². The van der Waals surface area contributed by atoms with Crippen LogP contribution in [0.1, 0.15) is 41.9 Å². The van der Waals surface area contributed by atoms with Crippen molar-refractivity contribution in [3.8, 4) is 5.75 Å². The Morgan fingerprint density at radius 3 is 2.43 bits per heavy atom. The van der Waals surface area contributed by atoms with Gasteiger partial charge in [0, 0.05) is 31.1 Å². The number of rotatable bonds is 11. The van der Waals surface area contributed by atoms with E-state index in [1.165, 1.54) is 0 Å².